The summed E-state index contributed by atoms with van der Waals surface area (Å²) in [5, 5.41) is 6.25. The minimum absolute atomic E-state index is 0.292. The fourth-order valence-corrected chi connectivity index (χ4v) is 0.487. The predicted molar refractivity (Wildman–Crippen MR) is 29.4 cm³/mol. The van der Waals surface area contributed by atoms with E-state index < -0.39 is 0 Å². The van der Waals surface area contributed by atoms with Crippen molar-refractivity contribution in [2.24, 2.45) is 0 Å². The molecule has 48 valence electrons. The minimum atomic E-state index is 0.292. The van der Waals surface area contributed by atoms with Gasteiger partial charge in [-0.05, 0) is 0 Å². The van der Waals surface area contributed by atoms with E-state index in [0.717, 1.165) is 5.56 Å². The highest BCUT2D eigenvalue weighted by Crippen LogP contribution is 1.93. The lowest BCUT2D eigenvalue weighted by Gasteiger charge is -1.89. The van der Waals surface area contributed by atoms with E-state index in [4.69, 9.17) is 0 Å². The fraction of sp³-hybridized carbons (Fsp3) is 0.200. The summed E-state index contributed by atoms with van der Waals surface area (Å²) in [6.07, 6.45) is 3.27. The smallest absolute Gasteiger partial charge is 0.293 e. The highest BCUT2D eigenvalue weighted by atomic mass is 16.5. The maximum Gasteiger partial charge on any atom is 0.293 e. The van der Waals surface area contributed by atoms with Crippen LogP contribution in [0.25, 0.3) is 0 Å². The van der Waals surface area contributed by atoms with Crippen molar-refractivity contribution < 1.29 is 9.53 Å². The lowest BCUT2D eigenvalue weighted by atomic mass is 10.4. The number of ether oxygens (including phenoxy) is 1. The molecule has 0 spiro atoms. The van der Waals surface area contributed by atoms with Crippen LogP contribution >= 0.6 is 0 Å². The monoisotopic (exact) mass is 126 g/mol. The lowest BCUT2D eigenvalue weighted by Crippen LogP contribution is -1.86. The summed E-state index contributed by atoms with van der Waals surface area (Å²) in [5.74, 6) is 0. The summed E-state index contributed by atoms with van der Waals surface area (Å²) in [5.41, 5.74) is 0.863. The van der Waals surface area contributed by atoms with Gasteiger partial charge in [-0.2, -0.15) is 5.10 Å². The zero-order valence-electron chi connectivity index (χ0n) is 4.70. The van der Waals surface area contributed by atoms with Crippen molar-refractivity contribution in [3.8, 4) is 0 Å². The van der Waals surface area contributed by atoms with Gasteiger partial charge in [-0.3, -0.25) is 9.89 Å². The van der Waals surface area contributed by atoms with Gasteiger partial charge in [0.2, 0.25) is 0 Å². The molecule has 9 heavy (non-hydrogen) atoms. The van der Waals surface area contributed by atoms with Gasteiger partial charge in [-0.15, -0.1) is 0 Å². The number of carbonyl (C=O) groups is 1. The van der Waals surface area contributed by atoms with Crippen LogP contribution in [0.4, 0.5) is 0 Å². The Hall–Kier alpha value is -1.32. The Morgan fingerprint density at radius 2 is 2.78 bits per heavy atom. The van der Waals surface area contributed by atoms with E-state index >= 15 is 0 Å². The number of aromatic nitrogens is 2. The Balaban J connectivity index is 2.38. The molecule has 1 aromatic heterocycles. The Morgan fingerprint density at radius 1 is 1.89 bits per heavy atom. The van der Waals surface area contributed by atoms with Crippen molar-refractivity contribution in [1.82, 2.24) is 10.2 Å². The van der Waals surface area contributed by atoms with E-state index in [2.05, 4.69) is 14.9 Å². The van der Waals surface area contributed by atoms with Gasteiger partial charge in [-0.1, -0.05) is 0 Å². The fourth-order valence-electron chi connectivity index (χ4n) is 0.487. The summed E-state index contributed by atoms with van der Waals surface area (Å²) in [4.78, 5) is 9.65. The topological polar surface area (TPSA) is 55.0 Å². The molecule has 1 rings (SSSR count). The highest BCUT2D eigenvalue weighted by Gasteiger charge is 1.89. The Labute approximate surface area is 51.8 Å². The van der Waals surface area contributed by atoms with E-state index in [0.29, 0.717) is 13.1 Å². The number of hydrogen-bond acceptors (Lipinski definition) is 3. The number of carbonyl (C=O) groups excluding carboxylic acids is 1. The SMILES string of the molecule is O=COCc1cn[nH]c1. The molecule has 0 aliphatic carbocycles. The maximum absolute atomic E-state index is 9.65. The molecule has 0 bridgehead atoms. The van der Waals surface area contributed by atoms with Crippen molar-refractivity contribution in [1.29, 1.82) is 0 Å². The minimum Gasteiger partial charge on any atom is -0.463 e. The molecule has 1 aromatic rings. The second-order valence-corrected chi connectivity index (χ2v) is 1.51. The first-order valence-electron chi connectivity index (χ1n) is 2.46. The number of H-pyrrole nitrogens is 1. The third-order valence-electron chi connectivity index (χ3n) is 0.873. The molecule has 0 saturated heterocycles. The van der Waals surface area contributed by atoms with E-state index in [9.17, 15) is 4.79 Å². The van der Waals surface area contributed by atoms with Gasteiger partial charge in [-0.25, -0.2) is 0 Å². The molecule has 0 aliphatic heterocycles. The van der Waals surface area contributed by atoms with Crippen molar-refractivity contribution in [2.75, 3.05) is 0 Å². The molecule has 0 fully saturated rings. The third-order valence-corrected chi connectivity index (χ3v) is 0.873. The predicted octanol–water partition coefficient (Wildman–Crippen LogP) is 0.0827. The van der Waals surface area contributed by atoms with E-state index in [1.807, 2.05) is 0 Å². The molecule has 0 radical (unpaired) electrons. The quantitative estimate of drug-likeness (QED) is 0.583. The molecular formula is C5H6N2O2. The third kappa shape index (κ3) is 1.56. The van der Waals surface area contributed by atoms with Crippen LogP contribution in [0.5, 0.6) is 0 Å². The number of rotatable bonds is 3. The molecule has 0 amide bonds. The van der Waals surface area contributed by atoms with Gasteiger partial charge in [0.15, 0.2) is 0 Å². The van der Waals surface area contributed by atoms with Crippen LogP contribution in [-0.4, -0.2) is 16.7 Å². The first-order valence-corrected chi connectivity index (χ1v) is 2.46. The molecule has 0 unspecified atom stereocenters. The average Bonchev–Trinajstić information content (AvgIpc) is 2.34. The van der Waals surface area contributed by atoms with E-state index in [1.54, 1.807) is 12.4 Å². The summed E-state index contributed by atoms with van der Waals surface area (Å²) < 4.78 is 4.44. The van der Waals surface area contributed by atoms with Gasteiger partial charge in [0.1, 0.15) is 6.61 Å². The molecular weight excluding hydrogens is 120 g/mol. The zero-order chi connectivity index (χ0) is 6.53. The van der Waals surface area contributed by atoms with Crippen molar-refractivity contribution in [3.63, 3.8) is 0 Å². The second kappa shape index (κ2) is 2.86. The van der Waals surface area contributed by atoms with Crippen LogP contribution < -0.4 is 0 Å². The van der Waals surface area contributed by atoms with Crippen LogP contribution in [0, 0.1) is 0 Å². The van der Waals surface area contributed by atoms with Crippen LogP contribution in [-0.2, 0) is 16.1 Å². The van der Waals surface area contributed by atoms with Crippen LogP contribution in [0.3, 0.4) is 0 Å². The molecule has 1 heterocycles. The van der Waals surface area contributed by atoms with Gasteiger partial charge in [0, 0.05) is 11.8 Å². The molecule has 0 aromatic carbocycles. The van der Waals surface area contributed by atoms with Gasteiger partial charge >= 0.3 is 0 Å². The first-order chi connectivity index (χ1) is 4.43. The van der Waals surface area contributed by atoms with E-state index in [1.165, 1.54) is 0 Å². The molecule has 4 heteroatoms. The van der Waals surface area contributed by atoms with Gasteiger partial charge < -0.3 is 4.74 Å². The summed E-state index contributed by atoms with van der Waals surface area (Å²) in [6, 6.07) is 0. The number of nitrogens with one attached hydrogen (secondary N) is 1. The second-order valence-electron chi connectivity index (χ2n) is 1.51. The van der Waals surface area contributed by atoms with Crippen molar-refractivity contribution >= 4 is 6.47 Å². The molecule has 4 nitrogen and oxygen atoms in total. The maximum atomic E-state index is 9.65. The van der Waals surface area contributed by atoms with Crippen molar-refractivity contribution in [2.45, 2.75) is 6.61 Å². The zero-order valence-corrected chi connectivity index (χ0v) is 4.70. The van der Waals surface area contributed by atoms with Crippen LogP contribution in [0.2, 0.25) is 0 Å². The van der Waals surface area contributed by atoms with E-state index in [-0.39, 0.29) is 0 Å². The normalized spacial score (nSPS) is 8.89. The highest BCUT2D eigenvalue weighted by molar-refractivity contribution is 5.37. The van der Waals surface area contributed by atoms with Crippen molar-refractivity contribution in [3.05, 3.63) is 18.0 Å². The molecule has 0 aliphatic rings. The number of hydrogen-bond donors (Lipinski definition) is 1. The molecule has 0 saturated carbocycles. The Kier molecular flexibility index (Phi) is 1.85. The molecule has 1 N–H and O–H groups in total. The Bertz CT molecular complexity index is 171. The van der Waals surface area contributed by atoms with Gasteiger partial charge in [0.05, 0.1) is 6.20 Å². The van der Waals surface area contributed by atoms with Crippen LogP contribution in [0.15, 0.2) is 12.4 Å². The lowest BCUT2D eigenvalue weighted by molar-refractivity contribution is -0.129. The largest absolute Gasteiger partial charge is 0.463 e. The standard InChI is InChI=1S/C5H6N2O2/c8-4-9-3-5-1-6-7-2-5/h1-2,4H,3H2,(H,6,7). The summed E-state index contributed by atoms with van der Waals surface area (Å²) >= 11 is 0. The summed E-state index contributed by atoms with van der Waals surface area (Å²) in [6.45, 7) is 0.701. The van der Waals surface area contributed by atoms with Crippen LogP contribution in [0.1, 0.15) is 5.56 Å². The first kappa shape index (κ1) is 5.81. The number of aromatic amines is 1. The van der Waals surface area contributed by atoms with Gasteiger partial charge in [0.25, 0.3) is 6.47 Å². The molecule has 0 atom stereocenters. The number of nitrogens with zero attached hydrogens (tertiary/aromatic N) is 1. The summed E-state index contributed by atoms with van der Waals surface area (Å²) in [7, 11) is 0. The Morgan fingerprint density at radius 3 is 3.33 bits per heavy atom. The average molecular weight is 126 g/mol.